The van der Waals surface area contributed by atoms with Gasteiger partial charge in [-0.15, -0.1) is 12.4 Å². The van der Waals surface area contributed by atoms with Crippen LogP contribution in [0.3, 0.4) is 0 Å². The summed E-state index contributed by atoms with van der Waals surface area (Å²) in [6.07, 6.45) is 2.51. The summed E-state index contributed by atoms with van der Waals surface area (Å²) in [6.45, 7) is 8.24. The van der Waals surface area contributed by atoms with Gasteiger partial charge in [-0.1, -0.05) is 42.7 Å². The second-order valence-electron chi connectivity index (χ2n) is 5.50. The van der Waals surface area contributed by atoms with Gasteiger partial charge in [-0.2, -0.15) is 0 Å². The number of benzene rings is 1. The molecule has 0 fully saturated rings. The van der Waals surface area contributed by atoms with Crippen molar-refractivity contribution in [2.24, 2.45) is 5.73 Å². The Kier molecular flexibility index (Phi) is 8.51. The molecule has 4 heteroatoms. The Morgan fingerprint density at radius 1 is 1.25 bits per heavy atom. The number of nitrogens with two attached hydrogens (primary N) is 1. The quantitative estimate of drug-likeness (QED) is 0.848. The van der Waals surface area contributed by atoms with Gasteiger partial charge in [0.2, 0.25) is 5.91 Å². The second-order valence-corrected chi connectivity index (χ2v) is 5.50. The van der Waals surface area contributed by atoms with E-state index < -0.39 is 0 Å². The minimum Gasteiger partial charge on any atom is -0.352 e. The van der Waals surface area contributed by atoms with E-state index in [4.69, 9.17) is 5.73 Å². The first kappa shape index (κ1) is 18.9. The predicted octanol–water partition coefficient (Wildman–Crippen LogP) is 2.90. The van der Waals surface area contributed by atoms with Crippen LogP contribution in [0.5, 0.6) is 0 Å². The zero-order valence-corrected chi connectivity index (χ0v) is 13.7. The molecule has 0 spiro atoms. The van der Waals surface area contributed by atoms with Crippen LogP contribution >= 0.6 is 12.4 Å². The molecule has 3 nitrogen and oxygen atoms in total. The molecule has 2 atom stereocenters. The number of rotatable bonds is 6. The molecule has 0 aliphatic rings. The van der Waals surface area contributed by atoms with Crippen LogP contribution in [-0.4, -0.2) is 18.0 Å². The van der Waals surface area contributed by atoms with Gasteiger partial charge in [-0.3, -0.25) is 4.79 Å². The molecule has 1 aromatic rings. The highest BCUT2D eigenvalue weighted by Gasteiger charge is 2.15. The highest BCUT2D eigenvalue weighted by molar-refractivity contribution is 5.85. The molecule has 114 valence electrons. The number of halogens is 1. The van der Waals surface area contributed by atoms with Gasteiger partial charge < -0.3 is 11.1 Å². The summed E-state index contributed by atoms with van der Waals surface area (Å²) < 4.78 is 0. The Morgan fingerprint density at radius 2 is 1.80 bits per heavy atom. The molecule has 0 heterocycles. The van der Waals surface area contributed by atoms with E-state index in [1.165, 1.54) is 16.7 Å². The highest BCUT2D eigenvalue weighted by Crippen LogP contribution is 2.11. The first-order valence-electron chi connectivity index (χ1n) is 7.05. The largest absolute Gasteiger partial charge is 0.352 e. The minimum absolute atomic E-state index is 0. The van der Waals surface area contributed by atoms with Gasteiger partial charge in [0.25, 0.3) is 0 Å². The molecule has 0 saturated carbocycles. The summed E-state index contributed by atoms with van der Waals surface area (Å²) in [5.41, 5.74) is 9.59. The number of hydrogen-bond donors (Lipinski definition) is 2. The molecule has 20 heavy (non-hydrogen) atoms. The molecule has 0 aliphatic heterocycles. The molecule has 0 aliphatic carbocycles. The van der Waals surface area contributed by atoms with Gasteiger partial charge >= 0.3 is 0 Å². The Hall–Kier alpha value is -1.06. The van der Waals surface area contributed by atoms with Crippen molar-refractivity contribution in [3.8, 4) is 0 Å². The van der Waals surface area contributed by atoms with Gasteiger partial charge in [0.1, 0.15) is 0 Å². The van der Waals surface area contributed by atoms with Crippen molar-refractivity contribution in [1.82, 2.24) is 5.32 Å². The Balaban J connectivity index is 0.00000361. The van der Waals surface area contributed by atoms with Crippen molar-refractivity contribution in [3.63, 3.8) is 0 Å². The normalized spacial score (nSPS) is 13.2. The summed E-state index contributed by atoms with van der Waals surface area (Å²) in [5, 5.41) is 2.99. The molecule has 3 N–H and O–H groups in total. The van der Waals surface area contributed by atoms with Crippen molar-refractivity contribution >= 4 is 18.3 Å². The third-order valence-corrected chi connectivity index (χ3v) is 3.15. The van der Waals surface area contributed by atoms with Gasteiger partial charge in [0.05, 0.1) is 6.04 Å². The number of carbonyl (C=O) groups is 1. The third-order valence-electron chi connectivity index (χ3n) is 3.15. The van der Waals surface area contributed by atoms with Gasteiger partial charge in [-0.25, -0.2) is 0 Å². The zero-order chi connectivity index (χ0) is 14.4. The number of nitrogens with one attached hydrogen (secondary N) is 1. The SMILES string of the molecule is CCCC(N)C(=O)NC(C)Cc1cc(C)cc(C)c1.Cl. The van der Waals surface area contributed by atoms with Crippen LogP contribution < -0.4 is 11.1 Å². The van der Waals surface area contributed by atoms with Crippen LogP contribution in [0.15, 0.2) is 18.2 Å². The van der Waals surface area contributed by atoms with Crippen LogP contribution in [0.1, 0.15) is 43.4 Å². The Bertz CT molecular complexity index is 414. The molecule has 1 aromatic carbocycles. The van der Waals surface area contributed by atoms with E-state index in [2.05, 4.69) is 37.4 Å². The first-order chi connectivity index (χ1) is 8.92. The molecule has 0 aromatic heterocycles. The summed E-state index contributed by atoms with van der Waals surface area (Å²) in [7, 11) is 0. The topological polar surface area (TPSA) is 55.1 Å². The molecular formula is C16H27ClN2O. The molecular weight excluding hydrogens is 272 g/mol. The van der Waals surface area contributed by atoms with E-state index in [0.717, 1.165) is 19.3 Å². The minimum atomic E-state index is -0.383. The lowest BCUT2D eigenvalue weighted by atomic mass is 10.0. The summed E-state index contributed by atoms with van der Waals surface area (Å²) in [4.78, 5) is 11.8. The number of carbonyl (C=O) groups excluding carboxylic acids is 1. The highest BCUT2D eigenvalue weighted by atomic mass is 35.5. The summed E-state index contributed by atoms with van der Waals surface area (Å²) in [6, 6.07) is 6.22. The van der Waals surface area contributed by atoms with Crippen LogP contribution in [0.4, 0.5) is 0 Å². The van der Waals surface area contributed by atoms with Crippen LogP contribution in [0.2, 0.25) is 0 Å². The monoisotopic (exact) mass is 298 g/mol. The van der Waals surface area contributed by atoms with E-state index in [0.29, 0.717) is 0 Å². The van der Waals surface area contributed by atoms with Crippen molar-refractivity contribution in [2.75, 3.05) is 0 Å². The Labute approximate surface area is 128 Å². The molecule has 0 saturated heterocycles. The number of amides is 1. The average molecular weight is 299 g/mol. The van der Waals surface area contributed by atoms with E-state index in [1.54, 1.807) is 0 Å². The van der Waals surface area contributed by atoms with Crippen molar-refractivity contribution < 1.29 is 4.79 Å². The molecule has 0 radical (unpaired) electrons. The summed E-state index contributed by atoms with van der Waals surface area (Å²) in [5.74, 6) is -0.0428. The van der Waals surface area contributed by atoms with Crippen LogP contribution in [0, 0.1) is 13.8 Å². The fraction of sp³-hybridized carbons (Fsp3) is 0.562. The summed E-state index contributed by atoms with van der Waals surface area (Å²) >= 11 is 0. The van der Waals surface area contributed by atoms with E-state index in [-0.39, 0.29) is 30.4 Å². The smallest absolute Gasteiger partial charge is 0.237 e. The van der Waals surface area contributed by atoms with Crippen molar-refractivity contribution in [2.45, 2.75) is 59.0 Å². The average Bonchev–Trinajstić information content (AvgIpc) is 2.27. The van der Waals surface area contributed by atoms with E-state index in [9.17, 15) is 4.79 Å². The maximum Gasteiger partial charge on any atom is 0.237 e. The molecule has 2 unspecified atom stereocenters. The van der Waals surface area contributed by atoms with Crippen molar-refractivity contribution in [3.05, 3.63) is 34.9 Å². The number of hydrogen-bond acceptors (Lipinski definition) is 2. The number of aryl methyl sites for hydroxylation is 2. The van der Waals surface area contributed by atoms with Crippen LogP contribution in [-0.2, 0) is 11.2 Å². The zero-order valence-electron chi connectivity index (χ0n) is 12.9. The van der Waals surface area contributed by atoms with E-state index in [1.807, 2.05) is 13.8 Å². The maximum absolute atomic E-state index is 11.8. The lowest BCUT2D eigenvalue weighted by Crippen LogP contribution is -2.45. The molecule has 0 bridgehead atoms. The molecule has 1 rings (SSSR count). The van der Waals surface area contributed by atoms with Gasteiger partial charge in [0, 0.05) is 6.04 Å². The van der Waals surface area contributed by atoms with Crippen molar-refractivity contribution in [1.29, 1.82) is 0 Å². The predicted molar refractivity (Wildman–Crippen MR) is 87.4 cm³/mol. The lowest BCUT2D eigenvalue weighted by molar-refractivity contribution is -0.123. The second kappa shape index (κ2) is 8.98. The lowest BCUT2D eigenvalue weighted by Gasteiger charge is -2.17. The Morgan fingerprint density at radius 3 is 2.30 bits per heavy atom. The third kappa shape index (κ3) is 6.40. The standard InChI is InChI=1S/C16H26N2O.ClH/c1-5-6-15(17)16(19)18-13(4)10-14-8-11(2)7-12(3)9-14;/h7-9,13,15H,5-6,10,17H2,1-4H3,(H,18,19);1H. The first-order valence-corrected chi connectivity index (χ1v) is 7.05. The van der Waals surface area contributed by atoms with E-state index >= 15 is 0 Å². The van der Waals surface area contributed by atoms with Gasteiger partial charge in [-0.05, 0) is 39.2 Å². The fourth-order valence-corrected chi connectivity index (χ4v) is 2.38. The maximum atomic E-state index is 11.8. The molecule has 1 amide bonds. The fourth-order valence-electron chi connectivity index (χ4n) is 2.38. The van der Waals surface area contributed by atoms with Gasteiger partial charge in [0.15, 0.2) is 0 Å². The van der Waals surface area contributed by atoms with Crippen LogP contribution in [0.25, 0.3) is 0 Å².